The molecule has 0 aliphatic carbocycles. The van der Waals surface area contributed by atoms with Gasteiger partial charge < -0.3 is 14.6 Å². The second-order valence-corrected chi connectivity index (χ2v) is 3.74. The summed E-state index contributed by atoms with van der Waals surface area (Å²) in [4.78, 5) is 16.3. The lowest BCUT2D eigenvalue weighted by molar-refractivity contribution is 0.201. The molecule has 0 spiro atoms. The Labute approximate surface area is 110 Å². The fourth-order valence-electron chi connectivity index (χ4n) is 1.57. The first-order valence-electron chi connectivity index (χ1n) is 5.58. The summed E-state index contributed by atoms with van der Waals surface area (Å²) in [7, 11) is 2.93. The summed E-state index contributed by atoms with van der Waals surface area (Å²) in [6.07, 6.45) is 1.95. The third-order valence-corrected chi connectivity index (χ3v) is 2.48. The quantitative estimate of drug-likeness (QED) is 0.866. The van der Waals surface area contributed by atoms with E-state index < -0.39 is 6.10 Å². The van der Waals surface area contributed by atoms with Gasteiger partial charge in [0.25, 0.3) is 0 Å². The highest BCUT2D eigenvalue weighted by molar-refractivity contribution is 5.29. The topological polar surface area (TPSA) is 90.2 Å². The maximum atomic E-state index is 10.3. The Morgan fingerprint density at radius 2 is 1.95 bits per heavy atom. The van der Waals surface area contributed by atoms with E-state index in [9.17, 15) is 5.11 Å². The number of ether oxygens (including phenoxy) is 2. The Kier molecular flexibility index (Phi) is 3.86. The minimum Gasteiger partial charge on any atom is -0.480 e. The summed E-state index contributed by atoms with van der Waals surface area (Å²) < 4.78 is 10.1. The molecule has 2 heterocycles. The van der Waals surface area contributed by atoms with Crippen molar-refractivity contribution in [2.24, 2.45) is 0 Å². The summed E-state index contributed by atoms with van der Waals surface area (Å²) in [6.45, 7) is 1.74. The molecule has 2 aromatic rings. The smallest absolute Gasteiger partial charge is 0.241 e. The predicted octanol–water partition coefficient (Wildman–Crippen LogP) is 0.674. The molecule has 0 bridgehead atoms. The van der Waals surface area contributed by atoms with Gasteiger partial charge in [0.15, 0.2) is 0 Å². The van der Waals surface area contributed by atoms with Gasteiger partial charge in [-0.25, -0.2) is 15.0 Å². The van der Waals surface area contributed by atoms with Crippen LogP contribution in [0.2, 0.25) is 0 Å². The SMILES string of the molecule is COc1cnc(C(O)c2ccnc(C)n2)c(OC)n1. The maximum Gasteiger partial charge on any atom is 0.241 e. The lowest BCUT2D eigenvalue weighted by Gasteiger charge is -2.13. The molecule has 7 heteroatoms. The maximum absolute atomic E-state index is 10.3. The summed E-state index contributed by atoms with van der Waals surface area (Å²) in [5, 5.41) is 10.3. The van der Waals surface area contributed by atoms with Gasteiger partial charge in [0.05, 0.1) is 26.1 Å². The van der Waals surface area contributed by atoms with Gasteiger partial charge in [0.1, 0.15) is 17.6 Å². The summed E-state index contributed by atoms with van der Waals surface area (Å²) in [5.74, 6) is 1.08. The molecule has 100 valence electrons. The molecule has 0 aliphatic rings. The van der Waals surface area contributed by atoms with E-state index in [1.165, 1.54) is 20.4 Å². The molecule has 0 fully saturated rings. The number of nitrogens with zero attached hydrogens (tertiary/aromatic N) is 4. The second-order valence-electron chi connectivity index (χ2n) is 3.74. The monoisotopic (exact) mass is 262 g/mol. The van der Waals surface area contributed by atoms with Crippen molar-refractivity contribution in [2.75, 3.05) is 14.2 Å². The van der Waals surface area contributed by atoms with Gasteiger partial charge in [0.2, 0.25) is 11.8 Å². The van der Waals surface area contributed by atoms with Gasteiger partial charge >= 0.3 is 0 Å². The highest BCUT2D eigenvalue weighted by Crippen LogP contribution is 2.26. The molecule has 1 unspecified atom stereocenters. The van der Waals surface area contributed by atoms with Crippen LogP contribution in [0.4, 0.5) is 0 Å². The van der Waals surface area contributed by atoms with E-state index in [0.717, 1.165) is 0 Å². The van der Waals surface area contributed by atoms with Crippen LogP contribution in [0.1, 0.15) is 23.3 Å². The van der Waals surface area contributed by atoms with E-state index in [2.05, 4.69) is 19.9 Å². The Balaban J connectivity index is 2.40. The second kappa shape index (κ2) is 5.57. The molecular formula is C12H14N4O3. The van der Waals surface area contributed by atoms with Crippen LogP contribution in [0.5, 0.6) is 11.8 Å². The van der Waals surface area contributed by atoms with Crippen LogP contribution in [-0.4, -0.2) is 39.3 Å². The lowest BCUT2D eigenvalue weighted by Crippen LogP contribution is -2.09. The number of rotatable bonds is 4. The molecule has 2 aromatic heterocycles. The van der Waals surface area contributed by atoms with E-state index in [4.69, 9.17) is 9.47 Å². The van der Waals surface area contributed by atoms with E-state index in [-0.39, 0.29) is 11.6 Å². The average Bonchev–Trinajstić information content (AvgIpc) is 2.45. The first kappa shape index (κ1) is 13.2. The van der Waals surface area contributed by atoms with Crippen LogP contribution in [-0.2, 0) is 0 Å². The fraction of sp³-hybridized carbons (Fsp3) is 0.333. The molecule has 1 N–H and O–H groups in total. The summed E-state index contributed by atoms with van der Waals surface area (Å²) in [5.41, 5.74) is 0.715. The first-order valence-corrected chi connectivity index (χ1v) is 5.58. The number of aromatic nitrogens is 4. The van der Waals surface area contributed by atoms with Crippen molar-refractivity contribution in [3.63, 3.8) is 0 Å². The van der Waals surface area contributed by atoms with Crippen LogP contribution < -0.4 is 9.47 Å². The van der Waals surface area contributed by atoms with Crippen LogP contribution in [0.15, 0.2) is 18.5 Å². The molecule has 2 rings (SSSR count). The third-order valence-electron chi connectivity index (χ3n) is 2.48. The number of aliphatic hydroxyl groups excluding tert-OH is 1. The number of hydrogen-bond acceptors (Lipinski definition) is 7. The van der Waals surface area contributed by atoms with E-state index in [1.54, 1.807) is 19.2 Å². The minimum absolute atomic E-state index is 0.197. The molecule has 0 aromatic carbocycles. The van der Waals surface area contributed by atoms with Crippen LogP contribution >= 0.6 is 0 Å². The van der Waals surface area contributed by atoms with Crippen molar-refractivity contribution in [3.05, 3.63) is 35.7 Å². The third kappa shape index (κ3) is 2.76. The van der Waals surface area contributed by atoms with Gasteiger partial charge in [-0.05, 0) is 13.0 Å². The van der Waals surface area contributed by atoms with Crippen LogP contribution in [0, 0.1) is 6.92 Å². The first-order chi connectivity index (χ1) is 9.15. The number of hydrogen-bond donors (Lipinski definition) is 1. The molecule has 0 aliphatic heterocycles. The molecule has 19 heavy (non-hydrogen) atoms. The van der Waals surface area contributed by atoms with Gasteiger partial charge in [-0.15, -0.1) is 0 Å². The van der Waals surface area contributed by atoms with Crippen LogP contribution in [0.3, 0.4) is 0 Å². The molecule has 0 saturated heterocycles. The zero-order valence-corrected chi connectivity index (χ0v) is 10.9. The molecule has 0 radical (unpaired) electrons. The highest BCUT2D eigenvalue weighted by Gasteiger charge is 2.20. The van der Waals surface area contributed by atoms with Gasteiger partial charge in [0, 0.05) is 6.20 Å². The fourth-order valence-corrected chi connectivity index (χ4v) is 1.57. The molecule has 1 atom stereocenters. The zero-order valence-electron chi connectivity index (χ0n) is 10.9. The Morgan fingerprint density at radius 1 is 1.16 bits per heavy atom. The number of methoxy groups -OCH3 is 2. The Bertz CT molecular complexity index is 577. The van der Waals surface area contributed by atoms with Crippen molar-refractivity contribution in [1.82, 2.24) is 19.9 Å². The van der Waals surface area contributed by atoms with Crippen LogP contribution in [0.25, 0.3) is 0 Å². The number of aliphatic hydroxyl groups is 1. The molecule has 7 nitrogen and oxygen atoms in total. The highest BCUT2D eigenvalue weighted by atomic mass is 16.5. The summed E-state index contributed by atoms with van der Waals surface area (Å²) in [6, 6.07) is 1.61. The van der Waals surface area contributed by atoms with Crippen molar-refractivity contribution in [2.45, 2.75) is 13.0 Å². The minimum atomic E-state index is -1.03. The zero-order chi connectivity index (χ0) is 13.8. The number of aryl methyl sites for hydroxylation is 1. The van der Waals surface area contributed by atoms with E-state index in [1.807, 2.05) is 0 Å². The van der Waals surface area contributed by atoms with Gasteiger partial charge in [-0.3, -0.25) is 0 Å². The van der Waals surface area contributed by atoms with E-state index in [0.29, 0.717) is 17.4 Å². The Morgan fingerprint density at radius 3 is 2.58 bits per heavy atom. The molecule has 0 amide bonds. The lowest BCUT2D eigenvalue weighted by atomic mass is 10.2. The largest absolute Gasteiger partial charge is 0.480 e. The van der Waals surface area contributed by atoms with Crippen molar-refractivity contribution >= 4 is 0 Å². The van der Waals surface area contributed by atoms with Gasteiger partial charge in [-0.1, -0.05) is 0 Å². The summed E-state index contributed by atoms with van der Waals surface area (Å²) >= 11 is 0. The Hall–Kier alpha value is -2.28. The van der Waals surface area contributed by atoms with Gasteiger partial charge in [-0.2, -0.15) is 4.98 Å². The molecule has 0 saturated carbocycles. The van der Waals surface area contributed by atoms with Crippen molar-refractivity contribution in [1.29, 1.82) is 0 Å². The molecular weight excluding hydrogens is 248 g/mol. The standard InChI is InChI=1S/C12H14N4O3/c1-7-13-5-4-8(15-7)11(17)10-12(19-3)16-9(18-2)6-14-10/h4-6,11,17H,1-3H3. The predicted molar refractivity (Wildman–Crippen MR) is 66.0 cm³/mol. The normalized spacial score (nSPS) is 12.0. The van der Waals surface area contributed by atoms with Crippen molar-refractivity contribution < 1.29 is 14.6 Å². The average molecular weight is 262 g/mol. The van der Waals surface area contributed by atoms with E-state index >= 15 is 0 Å². The van der Waals surface area contributed by atoms with Crippen molar-refractivity contribution in [3.8, 4) is 11.8 Å².